The number of aromatic nitrogens is 2. The minimum atomic E-state index is -0.579. The fraction of sp³-hybridized carbons (Fsp3) is 0.786. The minimum absolute atomic E-state index is 0.221. The summed E-state index contributed by atoms with van der Waals surface area (Å²) in [6.07, 6.45) is 4.56. The molecule has 1 aromatic rings. The number of ketones is 1. The standard InChI is InChI=1S/C14H22N2O3/c1-4-18-14(2,3)13-15-12(19-16-13)10-8-6-5-7-9-11(10)17/h10H,4-9H2,1-3H3. The highest BCUT2D eigenvalue weighted by molar-refractivity contribution is 5.84. The van der Waals surface area contributed by atoms with Crippen LogP contribution < -0.4 is 0 Å². The molecule has 19 heavy (non-hydrogen) atoms. The summed E-state index contributed by atoms with van der Waals surface area (Å²) < 4.78 is 10.9. The second-order valence-corrected chi connectivity index (χ2v) is 5.52. The van der Waals surface area contributed by atoms with E-state index < -0.39 is 5.60 Å². The quantitative estimate of drug-likeness (QED) is 0.784. The van der Waals surface area contributed by atoms with Crippen molar-refractivity contribution >= 4 is 5.78 Å². The van der Waals surface area contributed by atoms with E-state index in [1.54, 1.807) is 0 Å². The Kier molecular flexibility index (Phi) is 4.34. The summed E-state index contributed by atoms with van der Waals surface area (Å²) in [6.45, 7) is 6.32. The van der Waals surface area contributed by atoms with Crippen LogP contribution in [0, 0.1) is 0 Å². The van der Waals surface area contributed by atoms with Gasteiger partial charge in [0, 0.05) is 13.0 Å². The molecule has 5 heteroatoms. The van der Waals surface area contributed by atoms with Crippen LogP contribution in [-0.2, 0) is 15.1 Å². The third-order valence-corrected chi connectivity index (χ3v) is 3.59. The summed E-state index contributed by atoms with van der Waals surface area (Å²) in [6, 6.07) is 0. The van der Waals surface area contributed by atoms with Crippen molar-refractivity contribution in [3.05, 3.63) is 11.7 Å². The molecule has 1 unspecified atom stereocenters. The van der Waals surface area contributed by atoms with E-state index in [1.807, 2.05) is 20.8 Å². The van der Waals surface area contributed by atoms with E-state index in [1.165, 1.54) is 0 Å². The lowest BCUT2D eigenvalue weighted by Crippen LogP contribution is -2.23. The van der Waals surface area contributed by atoms with Crippen molar-refractivity contribution in [2.45, 2.75) is 64.4 Å². The predicted molar refractivity (Wildman–Crippen MR) is 69.8 cm³/mol. The van der Waals surface area contributed by atoms with Gasteiger partial charge in [-0.3, -0.25) is 4.79 Å². The number of Topliss-reactive ketones (excluding diaryl/α,β-unsaturated/α-hetero) is 1. The largest absolute Gasteiger partial charge is 0.368 e. The Morgan fingerprint density at radius 2 is 2.16 bits per heavy atom. The molecular weight excluding hydrogens is 244 g/mol. The lowest BCUT2D eigenvalue weighted by Gasteiger charge is -2.19. The molecule has 0 aromatic carbocycles. The van der Waals surface area contributed by atoms with E-state index in [-0.39, 0.29) is 11.7 Å². The number of carbonyl (C=O) groups is 1. The van der Waals surface area contributed by atoms with E-state index in [4.69, 9.17) is 9.26 Å². The van der Waals surface area contributed by atoms with E-state index in [9.17, 15) is 4.79 Å². The zero-order valence-electron chi connectivity index (χ0n) is 11.9. The SMILES string of the molecule is CCOC(C)(C)c1noc(C2CCCCCC2=O)n1. The molecule has 1 aromatic heterocycles. The maximum Gasteiger partial charge on any atom is 0.237 e. The van der Waals surface area contributed by atoms with Gasteiger partial charge in [0.2, 0.25) is 11.7 Å². The van der Waals surface area contributed by atoms with Gasteiger partial charge in [-0.25, -0.2) is 0 Å². The first-order valence-electron chi connectivity index (χ1n) is 7.05. The number of carbonyl (C=O) groups excluding carboxylic acids is 1. The Hall–Kier alpha value is -1.23. The molecule has 0 amide bonds. The van der Waals surface area contributed by atoms with Gasteiger partial charge in [-0.1, -0.05) is 18.0 Å². The molecule has 1 fully saturated rings. The molecule has 5 nitrogen and oxygen atoms in total. The van der Waals surface area contributed by atoms with Crippen LogP contribution in [0.2, 0.25) is 0 Å². The summed E-state index contributed by atoms with van der Waals surface area (Å²) >= 11 is 0. The van der Waals surface area contributed by atoms with Crippen molar-refractivity contribution in [3.8, 4) is 0 Å². The monoisotopic (exact) mass is 266 g/mol. The van der Waals surface area contributed by atoms with E-state index in [0.29, 0.717) is 24.7 Å². The van der Waals surface area contributed by atoms with Crippen LogP contribution >= 0.6 is 0 Å². The molecular formula is C14H22N2O3. The van der Waals surface area contributed by atoms with Gasteiger partial charge in [0.05, 0.1) is 5.92 Å². The van der Waals surface area contributed by atoms with E-state index in [2.05, 4.69) is 10.1 Å². The lowest BCUT2D eigenvalue weighted by molar-refractivity contribution is -0.120. The topological polar surface area (TPSA) is 65.2 Å². The summed E-state index contributed by atoms with van der Waals surface area (Å²) in [4.78, 5) is 16.4. The number of rotatable bonds is 4. The van der Waals surface area contributed by atoms with Crippen molar-refractivity contribution in [1.82, 2.24) is 10.1 Å². The molecule has 1 saturated carbocycles. The lowest BCUT2D eigenvalue weighted by atomic mass is 9.99. The third-order valence-electron chi connectivity index (χ3n) is 3.59. The normalized spacial score (nSPS) is 21.4. The number of nitrogens with zero attached hydrogens (tertiary/aromatic N) is 2. The highest BCUT2D eigenvalue weighted by atomic mass is 16.5. The minimum Gasteiger partial charge on any atom is -0.368 e. The Bertz CT molecular complexity index is 440. The van der Waals surface area contributed by atoms with Gasteiger partial charge in [-0.2, -0.15) is 4.98 Å². The number of hydrogen-bond donors (Lipinski definition) is 0. The first kappa shape index (κ1) is 14.2. The molecule has 106 valence electrons. The molecule has 0 N–H and O–H groups in total. The van der Waals surface area contributed by atoms with Gasteiger partial charge < -0.3 is 9.26 Å². The average Bonchev–Trinajstić information content (AvgIpc) is 2.74. The van der Waals surface area contributed by atoms with Gasteiger partial charge in [0.25, 0.3) is 0 Å². The molecule has 0 saturated heterocycles. The zero-order valence-corrected chi connectivity index (χ0v) is 11.9. The smallest absolute Gasteiger partial charge is 0.237 e. The molecule has 0 spiro atoms. The predicted octanol–water partition coefficient (Wildman–Crippen LogP) is 2.96. The Morgan fingerprint density at radius 1 is 1.37 bits per heavy atom. The van der Waals surface area contributed by atoms with Crippen molar-refractivity contribution in [1.29, 1.82) is 0 Å². The van der Waals surface area contributed by atoms with Crippen molar-refractivity contribution in [2.24, 2.45) is 0 Å². The molecule has 1 aliphatic carbocycles. The van der Waals surface area contributed by atoms with Crippen LogP contribution in [0.1, 0.15) is 70.5 Å². The van der Waals surface area contributed by atoms with E-state index in [0.717, 1.165) is 25.7 Å². The molecule has 0 radical (unpaired) electrons. The maximum atomic E-state index is 12.0. The molecule has 1 atom stereocenters. The van der Waals surface area contributed by atoms with Gasteiger partial charge >= 0.3 is 0 Å². The molecule has 1 heterocycles. The van der Waals surface area contributed by atoms with Crippen LogP contribution in [-0.4, -0.2) is 22.5 Å². The fourth-order valence-electron chi connectivity index (χ4n) is 2.47. The van der Waals surface area contributed by atoms with Crippen LogP contribution in [0.5, 0.6) is 0 Å². The highest BCUT2D eigenvalue weighted by Crippen LogP contribution is 2.30. The molecule has 0 aliphatic heterocycles. The highest BCUT2D eigenvalue weighted by Gasteiger charge is 2.32. The van der Waals surface area contributed by atoms with Crippen LogP contribution in [0.25, 0.3) is 0 Å². The van der Waals surface area contributed by atoms with Crippen LogP contribution in [0.4, 0.5) is 0 Å². The van der Waals surface area contributed by atoms with Gasteiger partial charge in [0.15, 0.2) is 0 Å². The van der Waals surface area contributed by atoms with Gasteiger partial charge in [0.1, 0.15) is 11.4 Å². The average molecular weight is 266 g/mol. The second kappa shape index (κ2) is 5.82. The molecule has 2 rings (SSSR count). The first-order valence-corrected chi connectivity index (χ1v) is 7.05. The van der Waals surface area contributed by atoms with Crippen LogP contribution in [0.3, 0.4) is 0 Å². The van der Waals surface area contributed by atoms with E-state index >= 15 is 0 Å². The van der Waals surface area contributed by atoms with Gasteiger partial charge in [-0.15, -0.1) is 0 Å². The Morgan fingerprint density at radius 3 is 2.89 bits per heavy atom. The zero-order chi connectivity index (χ0) is 13.9. The summed E-state index contributed by atoms with van der Waals surface area (Å²) in [7, 11) is 0. The molecule has 1 aliphatic rings. The summed E-state index contributed by atoms with van der Waals surface area (Å²) in [5, 5.41) is 3.98. The number of ether oxygens (including phenoxy) is 1. The van der Waals surface area contributed by atoms with Crippen molar-refractivity contribution in [3.63, 3.8) is 0 Å². The second-order valence-electron chi connectivity index (χ2n) is 5.52. The summed E-state index contributed by atoms with van der Waals surface area (Å²) in [5.74, 6) is 0.971. The maximum absolute atomic E-state index is 12.0. The number of hydrogen-bond acceptors (Lipinski definition) is 5. The summed E-state index contributed by atoms with van der Waals surface area (Å²) in [5.41, 5.74) is -0.579. The van der Waals surface area contributed by atoms with Crippen molar-refractivity contribution < 1.29 is 14.1 Å². The fourth-order valence-corrected chi connectivity index (χ4v) is 2.47. The van der Waals surface area contributed by atoms with Gasteiger partial charge in [-0.05, 0) is 33.6 Å². The van der Waals surface area contributed by atoms with Crippen molar-refractivity contribution in [2.75, 3.05) is 6.61 Å². The first-order chi connectivity index (χ1) is 9.04. The van der Waals surface area contributed by atoms with Crippen LogP contribution in [0.15, 0.2) is 4.52 Å². The molecule has 0 bridgehead atoms. The Balaban J connectivity index is 2.18. The Labute approximate surface area is 113 Å². The third kappa shape index (κ3) is 3.21.